The van der Waals surface area contributed by atoms with E-state index in [4.69, 9.17) is 24.3 Å². The van der Waals surface area contributed by atoms with E-state index in [9.17, 15) is 0 Å². The van der Waals surface area contributed by atoms with Crippen molar-refractivity contribution in [2.45, 2.75) is 20.3 Å². The molecule has 0 spiro atoms. The summed E-state index contributed by atoms with van der Waals surface area (Å²) in [5.74, 6) is 3.42. The number of hydrogen-bond acceptors (Lipinski definition) is 7. The van der Waals surface area contributed by atoms with E-state index in [1.54, 1.807) is 21.3 Å². The van der Waals surface area contributed by atoms with Gasteiger partial charge in [-0.2, -0.15) is 9.61 Å². The molecule has 188 valence electrons. The Morgan fingerprint density at radius 3 is 2.19 bits per heavy atom. The van der Waals surface area contributed by atoms with Crippen LogP contribution < -0.4 is 24.0 Å². The van der Waals surface area contributed by atoms with Gasteiger partial charge in [-0.15, -0.1) is 0 Å². The van der Waals surface area contributed by atoms with Crippen molar-refractivity contribution >= 4 is 17.2 Å². The number of nitrogens with zero attached hydrogens (tertiary/aromatic N) is 5. The van der Waals surface area contributed by atoms with Crippen molar-refractivity contribution in [3.63, 3.8) is 0 Å². The Balaban J connectivity index is 1.51. The monoisotopic (exact) mass is 487 g/mol. The van der Waals surface area contributed by atoms with E-state index in [1.165, 1.54) is 5.56 Å². The summed E-state index contributed by atoms with van der Waals surface area (Å²) in [5.41, 5.74) is 6.07. The number of ether oxygens (including phenoxy) is 3. The normalized spacial score (nSPS) is 13.8. The molecule has 0 unspecified atom stereocenters. The summed E-state index contributed by atoms with van der Waals surface area (Å²) in [4.78, 5) is 9.74. The fraction of sp³-hybridized carbons (Fsp3) is 0.357. The van der Waals surface area contributed by atoms with E-state index in [0.29, 0.717) is 11.5 Å². The van der Waals surface area contributed by atoms with Crippen LogP contribution in [0.5, 0.6) is 17.2 Å². The van der Waals surface area contributed by atoms with Gasteiger partial charge in [0.1, 0.15) is 11.6 Å². The lowest BCUT2D eigenvalue weighted by molar-refractivity contribution is 0.355. The number of hydrogen-bond donors (Lipinski definition) is 0. The number of para-hydroxylation sites is 2. The van der Waals surface area contributed by atoms with Crippen molar-refractivity contribution < 1.29 is 14.2 Å². The molecule has 1 saturated heterocycles. The van der Waals surface area contributed by atoms with Crippen LogP contribution in [0.4, 0.5) is 11.5 Å². The molecular formula is C28H33N5O3. The van der Waals surface area contributed by atoms with E-state index in [0.717, 1.165) is 72.5 Å². The maximum absolute atomic E-state index is 5.60. The summed E-state index contributed by atoms with van der Waals surface area (Å²) in [6.07, 6.45) is 0.891. The second-order valence-electron chi connectivity index (χ2n) is 8.87. The molecular weight excluding hydrogens is 454 g/mol. The number of rotatable bonds is 7. The Morgan fingerprint density at radius 1 is 0.806 bits per heavy atom. The smallest absolute Gasteiger partial charge is 0.161 e. The summed E-state index contributed by atoms with van der Waals surface area (Å²) in [6, 6.07) is 16.1. The lowest BCUT2D eigenvalue weighted by atomic mass is 10.1. The van der Waals surface area contributed by atoms with Gasteiger partial charge >= 0.3 is 0 Å². The lowest BCUT2D eigenvalue weighted by Crippen LogP contribution is -2.47. The number of fused-ring (bicyclic) bond motifs is 1. The zero-order valence-corrected chi connectivity index (χ0v) is 21.6. The maximum Gasteiger partial charge on any atom is 0.161 e. The van der Waals surface area contributed by atoms with Crippen LogP contribution in [0, 0.1) is 6.92 Å². The molecule has 1 fully saturated rings. The van der Waals surface area contributed by atoms with Crippen LogP contribution in [0.2, 0.25) is 0 Å². The largest absolute Gasteiger partial charge is 0.495 e. The molecule has 0 atom stereocenters. The lowest BCUT2D eigenvalue weighted by Gasteiger charge is -2.38. The molecule has 1 aliphatic heterocycles. The summed E-state index contributed by atoms with van der Waals surface area (Å²) in [6.45, 7) is 7.84. The third-order valence-corrected chi connectivity index (χ3v) is 6.92. The summed E-state index contributed by atoms with van der Waals surface area (Å²) in [7, 11) is 5.01. The number of benzene rings is 2. The minimum absolute atomic E-state index is 0.679. The minimum Gasteiger partial charge on any atom is -0.495 e. The molecule has 4 aromatic rings. The zero-order valence-electron chi connectivity index (χ0n) is 21.6. The molecule has 2 aromatic heterocycles. The summed E-state index contributed by atoms with van der Waals surface area (Å²) >= 11 is 0. The number of methoxy groups -OCH3 is 3. The van der Waals surface area contributed by atoms with Crippen molar-refractivity contribution in [1.82, 2.24) is 14.6 Å². The molecule has 2 aromatic carbocycles. The van der Waals surface area contributed by atoms with Crippen molar-refractivity contribution in [1.29, 1.82) is 0 Å². The van der Waals surface area contributed by atoms with Crippen molar-refractivity contribution in [3.05, 3.63) is 59.8 Å². The highest BCUT2D eigenvalue weighted by Crippen LogP contribution is 2.34. The van der Waals surface area contributed by atoms with Crippen molar-refractivity contribution in [2.75, 3.05) is 57.3 Å². The molecule has 0 aliphatic carbocycles. The highest BCUT2D eigenvalue weighted by atomic mass is 16.5. The van der Waals surface area contributed by atoms with Crippen LogP contribution in [0.15, 0.2) is 48.5 Å². The van der Waals surface area contributed by atoms with Crippen LogP contribution in [0.25, 0.3) is 16.9 Å². The summed E-state index contributed by atoms with van der Waals surface area (Å²) in [5, 5.41) is 5.03. The first-order valence-corrected chi connectivity index (χ1v) is 12.3. The molecule has 8 heteroatoms. The SMILES string of the molecule is CCc1c(C)nc2cc(-c3ccc(OC)c(OC)c3)nn2c1N1CCN(c2ccccc2OC)CC1. The molecule has 8 nitrogen and oxygen atoms in total. The highest BCUT2D eigenvalue weighted by molar-refractivity contribution is 5.70. The first-order valence-electron chi connectivity index (χ1n) is 12.3. The van der Waals surface area contributed by atoms with Crippen molar-refractivity contribution in [3.8, 4) is 28.5 Å². The van der Waals surface area contributed by atoms with Gasteiger partial charge in [0, 0.05) is 49.1 Å². The first-order chi connectivity index (χ1) is 17.6. The Hall–Kier alpha value is -3.94. The predicted molar refractivity (Wildman–Crippen MR) is 143 cm³/mol. The molecule has 3 heterocycles. The third kappa shape index (κ3) is 4.17. The van der Waals surface area contributed by atoms with Gasteiger partial charge in [0.15, 0.2) is 17.1 Å². The van der Waals surface area contributed by atoms with Gasteiger partial charge in [-0.3, -0.25) is 0 Å². The van der Waals surface area contributed by atoms with Crippen LogP contribution in [0.3, 0.4) is 0 Å². The van der Waals surface area contributed by atoms with E-state index in [1.807, 2.05) is 40.9 Å². The summed E-state index contributed by atoms with van der Waals surface area (Å²) < 4.78 is 18.5. The molecule has 0 N–H and O–H groups in total. The number of aromatic nitrogens is 3. The Kier molecular flexibility index (Phi) is 6.59. The second kappa shape index (κ2) is 9.97. The topological polar surface area (TPSA) is 64.4 Å². The molecule has 0 radical (unpaired) electrons. The van der Waals surface area contributed by atoms with Crippen LogP contribution >= 0.6 is 0 Å². The van der Waals surface area contributed by atoms with Gasteiger partial charge in [0.2, 0.25) is 0 Å². The Bertz CT molecular complexity index is 1380. The van der Waals surface area contributed by atoms with Gasteiger partial charge in [0.25, 0.3) is 0 Å². The minimum atomic E-state index is 0.679. The third-order valence-electron chi connectivity index (χ3n) is 6.92. The maximum atomic E-state index is 5.60. The van der Waals surface area contributed by atoms with Gasteiger partial charge < -0.3 is 24.0 Å². The Labute approximate surface area is 212 Å². The van der Waals surface area contributed by atoms with Gasteiger partial charge in [-0.25, -0.2) is 4.98 Å². The van der Waals surface area contributed by atoms with Gasteiger partial charge in [-0.05, 0) is 43.7 Å². The fourth-order valence-electron chi connectivity index (χ4n) is 5.06. The molecule has 0 amide bonds. The van der Waals surface area contributed by atoms with Gasteiger partial charge in [0.05, 0.1) is 32.7 Å². The number of piperazine rings is 1. The predicted octanol–water partition coefficient (Wildman–Crippen LogP) is 4.62. The fourth-order valence-corrected chi connectivity index (χ4v) is 5.06. The van der Waals surface area contributed by atoms with Crippen molar-refractivity contribution in [2.24, 2.45) is 0 Å². The van der Waals surface area contributed by atoms with Crippen LogP contribution in [0.1, 0.15) is 18.2 Å². The van der Waals surface area contributed by atoms with E-state index in [-0.39, 0.29) is 0 Å². The number of anilines is 2. The molecule has 36 heavy (non-hydrogen) atoms. The zero-order chi connectivity index (χ0) is 25.2. The average Bonchev–Trinajstić information content (AvgIpc) is 3.35. The number of aryl methyl sites for hydroxylation is 1. The Morgan fingerprint density at radius 2 is 1.50 bits per heavy atom. The molecule has 5 rings (SSSR count). The van der Waals surface area contributed by atoms with Gasteiger partial charge in [-0.1, -0.05) is 19.1 Å². The van der Waals surface area contributed by atoms with E-state index >= 15 is 0 Å². The van der Waals surface area contributed by atoms with E-state index in [2.05, 4.69) is 35.8 Å². The molecule has 1 aliphatic rings. The average molecular weight is 488 g/mol. The van der Waals surface area contributed by atoms with E-state index < -0.39 is 0 Å². The second-order valence-corrected chi connectivity index (χ2v) is 8.87. The first kappa shape index (κ1) is 23.8. The highest BCUT2D eigenvalue weighted by Gasteiger charge is 2.25. The van der Waals surface area contributed by atoms with Crippen LogP contribution in [-0.2, 0) is 6.42 Å². The van der Waals surface area contributed by atoms with Crippen LogP contribution in [-0.4, -0.2) is 62.1 Å². The molecule has 0 saturated carbocycles. The standard InChI is InChI=1S/C28H33N5O3/c1-6-21-19(2)29-27-18-22(20-11-12-25(35-4)26(17-20)36-5)30-33(27)28(21)32-15-13-31(14-16-32)23-9-7-8-10-24(23)34-3/h7-12,17-18H,6,13-16H2,1-5H3. The molecule has 0 bridgehead atoms. The quantitative estimate of drug-likeness (QED) is 0.377.